The lowest BCUT2D eigenvalue weighted by atomic mass is 10.0. The van der Waals surface area contributed by atoms with Gasteiger partial charge in [0.05, 0.1) is 5.56 Å². The minimum absolute atomic E-state index is 0.116. The van der Waals surface area contributed by atoms with Crippen LogP contribution in [0, 0.1) is 11.6 Å². The van der Waals surface area contributed by atoms with Gasteiger partial charge in [-0.25, -0.2) is 8.78 Å². The molecule has 0 unspecified atom stereocenters. The molecule has 0 N–H and O–H groups in total. The number of halogens is 2. The minimum Gasteiger partial charge on any atom is -0.331 e. The lowest BCUT2D eigenvalue weighted by molar-refractivity contribution is 0.0724. The summed E-state index contributed by atoms with van der Waals surface area (Å²) in [7, 11) is 0. The zero-order valence-electron chi connectivity index (χ0n) is 13.9. The Morgan fingerprint density at radius 3 is 2.38 bits per heavy atom. The zero-order valence-corrected chi connectivity index (χ0v) is 13.9. The molecular weight excluding hydrogens is 308 g/mol. The maximum atomic E-state index is 13.9. The Balaban J connectivity index is 1.82. The number of hydrogen-bond donors (Lipinski definition) is 0. The Bertz CT molecular complexity index is 736. The van der Waals surface area contributed by atoms with E-state index < -0.39 is 17.5 Å². The number of benzene rings is 2. The van der Waals surface area contributed by atoms with E-state index in [0.29, 0.717) is 12.5 Å². The van der Waals surface area contributed by atoms with E-state index in [1.165, 1.54) is 5.56 Å². The molecule has 1 aliphatic rings. The van der Waals surface area contributed by atoms with Crippen LogP contribution in [0.5, 0.6) is 0 Å². The molecule has 2 aromatic rings. The van der Waals surface area contributed by atoms with Crippen molar-refractivity contribution in [3.8, 4) is 0 Å². The van der Waals surface area contributed by atoms with Gasteiger partial charge in [0, 0.05) is 12.6 Å². The van der Waals surface area contributed by atoms with Gasteiger partial charge in [-0.1, -0.05) is 38.1 Å². The second-order valence-corrected chi connectivity index (χ2v) is 6.68. The average molecular weight is 329 g/mol. The molecule has 1 saturated carbocycles. The minimum atomic E-state index is -0.679. The molecule has 2 aromatic carbocycles. The zero-order chi connectivity index (χ0) is 17.3. The monoisotopic (exact) mass is 329 g/mol. The summed E-state index contributed by atoms with van der Waals surface area (Å²) >= 11 is 0. The fraction of sp³-hybridized carbons (Fsp3) is 0.350. The Labute approximate surface area is 141 Å². The third-order valence-corrected chi connectivity index (χ3v) is 4.41. The van der Waals surface area contributed by atoms with Crippen LogP contribution in [0.4, 0.5) is 8.78 Å². The molecule has 0 heterocycles. The van der Waals surface area contributed by atoms with Crippen LogP contribution < -0.4 is 0 Å². The first kappa shape index (κ1) is 16.6. The van der Waals surface area contributed by atoms with Crippen LogP contribution in [0.15, 0.2) is 42.5 Å². The van der Waals surface area contributed by atoms with Gasteiger partial charge in [-0.3, -0.25) is 4.79 Å². The molecule has 3 rings (SSSR count). The van der Waals surface area contributed by atoms with E-state index in [9.17, 15) is 13.6 Å². The highest BCUT2D eigenvalue weighted by molar-refractivity contribution is 5.94. The average Bonchev–Trinajstić information content (AvgIpc) is 3.39. The summed E-state index contributed by atoms with van der Waals surface area (Å²) in [5, 5.41) is 0. The van der Waals surface area contributed by atoms with Gasteiger partial charge in [0.25, 0.3) is 5.91 Å². The normalized spacial score (nSPS) is 14.0. The number of hydrogen-bond acceptors (Lipinski definition) is 1. The van der Waals surface area contributed by atoms with Gasteiger partial charge >= 0.3 is 0 Å². The van der Waals surface area contributed by atoms with Crippen molar-refractivity contribution in [3.63, 3.8) is 0 Å². The van der Waals surface area contributed by atoms with Crippen LogP contribution in [-0.4, -0.2) is 16.8 Å². The molecule has 0 saturated heterocycles. The van der Waals surface area contributed by atoms with Gasteiger partial charge < -0.3 is 4.90 Å². The fourth-order valence-corrected chi connectivity index (χ4v) is 2.77. The highest BCUT2D eigenvalue weighted by Crippen LogP contribution is 2.30. The number of rotatable bonds is 5. The summed E-state index contributed by atoms with van der Waals surface area (Å²) in [6.45, 7) is 4.67. The maximum Gasteiger partial charge on any atom is 0.257 e. The number of carbonyl (C=O) groups is 1. The Morgan fingerprint density at radius 2 is 1.79 bits per heavy atom. The standard InChI is InChI=1S/C20H21F2NO/c1-13(2)15-5-3-14(4-6-15)12-23(17-8-9-17)20(24)18-11-16(21)7-10-19(18)22/h3-7,10-11,13,17H,8-9,12H2,1-2H3. The predicted octanol–water partition coefficient (Wildman–Crippen LogP) is 4.89. The third kappa shape index (κ3) is 3.64. The predicted molar refractivity (Wildman–Crippen MR) is 89.8 cm³/mol. The van der Waals surface area contributed by atoms with Gasteiger partial charge in [-0.2, -0.15) is 0 Å². The number of nitrogens with zero attached hydrogens (tertiary/aromatic N) is 1. The van der Waals surface area contributed by atoms with Crippen LogP contribution in [0.1, 0.15) is 54.1 Å². The second kappa shape index (κ2) is 6.71. The van der Waals surface area contributed by atoms with Crippen molar-refractivity contribution < 1.29 is 13.6 Å². The molecule has 1 fully saturated rings. The lowest BCUT2D eigenvalue weighted by Crippen LogP contribution is -2.33. The highest BCUT2D eigenvalue weighted by atomic mass is 19.1. The first-order valence-corrected chi connectivity index (χ1v) is 8.30. The van der Waals surface area contributed by atoms with Gasteiger partial charge in [0.2, 0.25) is 0 Å². The molecule has 0 bridgehead atoms. The molecule has 4 heteroatoms. The fourth-order valence-electron chi connectivity index (χ4n) is 2.77. The molecule has 0 aliphatic heterocycles. The van der Waals surface area contributed by atoms with E-state index in [-0.39, 0.29) is 11.6 Å². The molecule has 0 aromatic heterocycles. The number of amides is 1. The van der Waals surface area contributed by atoms with E-state index in [2.05, 4.69) is 26.0 Å². The molecule has 0 radical (unpaired) electrons. The Hall–Kier alpha value is -2.23. The maximum absolute atomic E-state index is 13.9. The molecule has 0 atom stereocenters. The van der Waals surface area contributed by atoms with E-state index in [1.54, 1.807) is 4.90 Å². The summed E-state index contributed by atoms with van der Waals surface area (Å²) in [5.41, 5.74) is 2.04. The summed E-state index contributed by atoms with van der Waals surface area (Å²) in [5.74, 6) is -1.27. The molecule has 2 nitrogen and oxygen atoms in total. The van der Waals surface area contributed by atoms with E-state index in [1.807, 2.05) is 12.1 Å². The molecule has 1 amide bonds. The molecule has 1 aliphatic carbocycles. The lowest BCUT2D eigenvalue weighted by Gasteiger charge is -2.23. The van der Waals surface area contributed by atoms with E-state index in [4.69, 9.17) is 0 Å². The molecule has 0 spiro atoms. The third-order valence-electron chi connectivity index (χ3n) is 4.41. The summed E-state index contributed by atoms with van der Waals surface area (Å²) in [6.07, 6.45) is 1.82. The highest BCUT2D eigenvalue weighted by Gasteiger charge is 2.34. The van der Waals surface area contributed by atoms with Crippen molar-refractivity contribution in [2.24, 2.45) is 0 Å². The quantitative estimate of drug-likeness (QED) is 0.764. The first-order chi connectivity index (χ1) is 11.5. The van der Waals surface area contributed by atoms with Crippen molar-refractivity contribution in [3.05, 3.63) is 70.8 Å². The van der Waals surface area contributed by atoms with Crippen molar-refractivity contribution in [2.75, 3.05) is 0 Å². The Morgan fingerprint density at radius 1 is 1.12 bits per heavy atom. The van der Waals surface area contributed by atoms with Gasteiger partial charge in [0.15, 0.2) is 0 Å². The van der Waals surface area contributed by atoms with Crippen molar-refractivity contribution in [1.29, 1.82) is 0 Å². The topological polar surface area (TPSA) is 20.3 Å². The molecule has 24 heavy (non-hydrogen) atoms. The number of carbonyl (C=O) groups excluding carboxylic acids is 1. The van der Waals surface area contributed by atoms with Crippen LogP contribution in [-0.2, 0) is 6.54 Å². The van der Waals surface area contributed by atoms with Crippen LogP contribution >= 0.6 is 0 Å². The summed E-state index contributed by atoms with van der Waals surface area (Å²) in [4.78, 5) is 14.4. The van der Waals surface area contributed by atoms with Crippen molar-refractivity contribution in [1.82, 2.24) is 4.90 Å². The van der Waals surface area contributed by atoms with E-state index in [0.717, 1.165) is 36.6 Å². The van der Waals surface area contributed by atoms with Crippen LogP contribution in [0.2, 0.25) is 0 Å². The van der Waals surface area contributed by atoms with Crippen molar-refractivity contribution >= 4 is 5.91 Å². The first-order valence-electron chi connectivity index (χ1n) is 8.30. The molecular formula is C20H21F2NO. The van der Waals surface area contributed by atoms with E-state index >= 15 is 0 Å². The van der Waals surface area contributed by atoms with Crippen LogP contribution in [0.3, 0.4) is 0 Å². The smallest absolute Gasteiger partial charge is 0.257 e. The summed E-state index contributed by atoms with van der Waals surface area (Å²) in [6, 6.07) is 11.2. The van der Waals surface area contributed by atoms with Gasteiger partial charge in [-0.05, 0) is 48.1 Å². The van der Waals surface area contributed by atoms with Crippen molar-refractivity contribution in [2.45, 2.75) is 45.2 Å². The Kier molecular flexibility index (Phi) is 4.65. The van der Waals surface area contributed by atoms with Crippen LogP contribution in [0.25, 0.3) is 0 Å². The summed E-state index contributed by atoms with van der Waals surface area (Å²) < 4.78 is 27.3. The largest absolute Gasteiger partial charge is 0.331 e. The van der Waals surface area contributed by atoms with Gasteiger partial charge in [-0.15, -0.1) is 0 Å². The SMILES string of the molecule is CC(C)c1ccc(CN(C(=O)c2cc(F)ccc2F)C2CC2)cc1. The van der Waals surface area contributed by atoms with Gasteiger partial charge in [0.1, 0.15) is 11.6 Å². The second-order valence-electron chi connectivity index (χ2n) is 6.68. The molecule has 126 valence electrons.